The lowest BCUT2D eigenvalue weighted by Gasteiger charge is -2.27. The van der Waals surface area contributed by atoms with Crippen molar-refractivity contribution in [2.24, 2.45) is 0 Å². The van der Waals surface area contributed by atoms with Gasteiger partial charge in [0.1, 0.15) is 5.60 Å². The van der Waals surface area contributed by atoms with Crippen molar-refractivity contribution in [1.29, 1.82) is 0 Å². The van der Waals surface area contributed by atoms with Crippen molar-refractivity contribution in [2.45, 2.75) is 32.9 Å². The number of hydrogen-bond acceptors (Lipinski definition) is 4. The maximum Gasteiger partial charge on any atom is 0.410 e. The van der Waals surface area contributed by atoms with Gasteiger partial charge in [-0.25, -0.2) is 4.79 Å². The number of H-pyrrole nitrogens is 1. The highest BCUT2D eigenvalue weighted by atomic mass is 16.6. The van der Waals surface area contributed by atoms with E-state index in [2.05, 4.69) is 28.5 Å². The monoisotopic (exact) mass is 347 g/mol. The molecule has 2 N–H and O–H groups in total. The van der Waals surface area contributed by atoms with Crippen molar-refractivity contribution < 1.29 is 14.3 Å². The predicted molar refractivity (Wildman–Crippen MR) is 99.7 cm³/mol. The maximum absolute atomic E-state index is 12.3. The molecule has 0 bridgehead atoms. The minimum atomic E-state index is -0.500. The van der Waals surface area contributed by atoms with Crippen molar-refractivity contribution in [3.05, 3.63) is 36.0 Å². The topological polar surface area (TPSA) is 66.6 Å². The van der Waals surface area contributed by atoms with Gasteiger partial charge in [0, 0.05) is 50.4 Å². The fraction of sp³-hybridized carbons (Fsp3) is 0.526. The third-order valence-corrected chi connectivity index (χ3v) is 3.78. The van der Waals surface area contributed by atoms with Crippen molar-refractivity contribution in [2.75, 3.05) is 33.4 Å². The molecule has 6 heteroatoms. The first-order valence-corrected chi connectivity index (χ1v) is 8.63. The minimum absolute atomic E-state index is 0.306. The third kappa shape index (κ3) is 6.07. The summed E-state index contributed by atoms with van der Waals surface area (Å²) >= 11 is 0. The second kappa shape index (κ2) is 8.87. The fourth-order valence-electron chi connectivity index (χ4n) is 2.56. The molecule has 25 heavy (non-hydrogen) atoms. The highest BCUT2D eigenvalue weighted by Gasteiger charge is 2.21. The molecule has 0 unspecified atom stereocenters. The van der Waals surface area contributed by atoms with Gasteiger partial charge in [-0.2, -0.15) is 0 Å². The lowest BCUT2D eigenvalue weighted by Crippen LogP contribution is -2.42. The number of aromatic nitrogens is 1. The summed E-state index contributed by atoms with van der Waals surface area (Å²) < 4.78 is 10.6. The van der Waals surface area contributed by atoms with Crippen LogP contribution in [0.4, 0.5) is 4.79 Å². The van der Waals surface area contributed by atoms with Crippen molar-refractivity contribution in [3.8, 4) is 0 Å². The molecule has 1 heterocycles. The molecule has 138 valence electrons. The highest BCUT2D eigenvalue weighted by Crippen LogP contribution is 2.17. The number of carbonyl (C=O) groups is 1. The Bertz CT molecular complexity index is 676. The molecule has 0 aliphatic heterocycles. The largest absolute Gasteiger partial charge is 0.444 e. The van der Waals surface area contributed by atoms with Gasteiger partial charge in [0.2, 0.25) is 0 Å². The van der Waals surface area contributed by atoms with Crippen LogP contribution in [0.5, 0.6) is 0 Å². The van der Waals surface area contributed by atoms with Crippen molar-refractivity contribution >= 4 is 17.0 Å². The summed E-state index contributed by atoms with van der Waals surface area (Å²) in [7, 11) is 1.63. The van der Waals surface area contributed by atoms with Gasteiger partial charge in [0.15, 0.2) is 0 Å². The zero-order valence-corrected chi connectivity index (χ0v) is 15.6. The Hall–Kier alpha value is -2.05. The van der Waals surface area contributed by atoms with E-state index in [0.717, 1.165) is 12.1 Å². The van der Waals surface area contributed by atoms with Crippen LogP contribution in [0.15, 0.2) is 30.5 Å². The fourth-order valence-corrected chi connectivity index (χ4v) is 2.56. The Morgan fingerprint density at radius 3 is 2.76 bits per heavy atom. The number of aromatic amines is 1. The summed E-state index contributed by atoms with van der Waals surface area (Å²) in [5.74, 6) is 0. The van der Waals surface area contributed by atoms with E-state index in [0.29, 0.717) is 26.2 Å². The van der Waals surface area contributed by atoms with Gasteiger partial charge in [-0.3, -0.25) is 0 Å². The van der Waals surface area contributed by atoms with E-state index >= 15 is 0 Å². The molecular weight excluding hydrogens is 318 g/mol. The normalized spacial score (nSPS) is 11.7. The Balaban J connectivity index is 1.85. The molecule has 1 amide bonds. The number of fused-ring (bicyclic) bond motifs is 1. The molecule has 1 aromatic carbocycles. The maximum atomic E-state index is 12.3. The number of rotatable bonds is 8. The van der Waals surface area contributed by atoms with Crippen LogP contribution in [0.25, 0.3) is 10.9 Å². The van der Waals surface area contributed by atoms with Crippen LogP contribution in [-0.2, 0) is 16.0 Å². The molecule has 0 saturated heterocycles. The minimum Gasteiger partial charge on any atom is -0.444 e. The van der Waals surface area contributed by atoms with E-state index in [9.17, 15) is 4.79 Å². The van der Waals surface area contributed by atoms with Crippen LogP contribution in [-0.4, -0.2) is 54.9 Å². The lowest BCUT2D eigenvalue weighted by molar-refractivity contribution is 0.0204. The van der Waals surface area contributed by atoms with Gasteiger partial charge < -0.3 is 24.7 Å². The van der Waals surface area contributed by atoms with Crippen LogP contribution in [0, 0.1) is 0 Å². The third-order valence-electron chi connectivity index (χ3n) is 3.78. The smallest absolute Gasteiger partial charge is 0.410 e. The number of ether oxygens (including phenoxy) is 2. The Morgan fingerprint density at radius 1 is 1.24 bits per heavy atom. The highest BCUT2D eigenvalue weighted by molar-refractivity contribution is 5.82. The van der Waals surface area contributed by atoms with E-state index in [1.807, 2.05) is 33.0 Å². The zero-order valence-electron chi connectivity index (χ0n) is 15.6. The quantitative estimate of drug-likeness (QED) is 0.720. The average Bonchev–Trinajstić information content (AvgIpc) is 3.01. The number of benzene rings is 1. The van der Waals surface area contributed by atoms with E-state index in [1.54, 1.807) is 12.0 Å². The first-order valence-electron chi connectivity index (χ1n) is 8.63. The number of nitrogens with one attached hydrogen (secondary N) is 2. The van der Waals surface area contributed by atoms with Gasteiger partial charge in [0.05, 0.1) is 6.61 Å². The second-order valence-corrected chi connectivity index (χ2v) is 6.99. The summed E-state index contributed by atoms with van der Waals surface area (Å²) in [6, 6.07) is 8.30. The van der Waals surface area contributed by atoms with Gasteiger partial charge >= 0.3 is 6.09 Å². The van der Waals surface area contributed by atoms with Crippen LogP contribution in [0.3, 0.4) is 0 Å². The summed E-state index contributed by atoms with van der Waals surface area (Å²) in [6.45, 7) is 8.62. The molecule has 0 aliphatic rings. The number of nitrogens with zero attached hydrogens (tertiary/aromatic N) is 1. The molecule has 0 saturated carbocycles. The Kier molecular flexibility index (Phi) is 6.84. The number of amides is 1. The molecular formula is C19H29N3O3. The average molecular weight is 347 g/mol. The molecule has 0 aliphatic carbocycles. The number of methoxy groups -OCH3 is 1. The van der Waals surface area contributed by atoms with Gasteiger partial charge in [0.25, 0.3) is 0 Å². The first-order chi connectivity index (χ1) is 11.9. The van der Waals surface area contributed by atoms with Gasteiger partial charge in [-0.1, -0.05) is 12.1 Å². The molecule has 0 radical (unpaired) electrons. The van der Waals surface area contributed by atoms with E-state index in [1.165, 1.54) is 10.9 Å². The zero-order chi connectivity index (χ0) is 18.3. The number of carbonyl (C=O) groups excluding carboxylic acids is 1. The summed E-state index contributed by atoms with van der Waals surface area (Å²) in [4.78, 5) is 17.2. The number of hydrogen-bond donors (Lipinski definition) is 2. The standard InChI is InChI=1S/C19H29N3O3/c1-19(2,3)25-18(23)22(12-13-24-4)11-10-20-14-15-6-5-7-17-16(15)8-9-21-17/h5-9,20-21H,10-14H2,1-4H3. The SMILES string of the molecule is COCCN(CCNCc1cccc2[nH]ccc12)C(=O)OC(C)(C)C. The van der Waals surface area contributed by atoms with Gasteiger partial charge in [-0.15, -0.1) is 0 Å². The Morgan fingerprint density at radius 2 is 2.04 bits per heavy atom. The molecule has 2 rings (SSSR count). The molecule has 2 aromatic rings. The molecule has 0 fully saturated rings. The van der Waals surface area contributed by atoms with Gasteiger partial charge in [-0.05, 0) is 38.5 Å². The molecule has 0 atom stereocenters. The van der Waals surface area contributed by atoms with Crippen molar-refractivity contribution in [1.82, 2.24) is 15.2 Å². The summed E-state index contributed by atoms with van der Waals surface area (Å²) in [5, 5.41) is 4.62. The van der Waals surface area contributed by atoms with Crippen LogP contribution < -0.4 is 5.32 Å². The molecule has 0 spiro atoms. The summed E-state index contributed by atoms with van der Waals surface area (Å²) in [5.41, 5.74) is 1.87. The summed E-state index contributed by atoms with van der Waals surface area (Å²) in [6.07, 6.45) is 1.64. The molecule has 1 aromatic heterocycles. The predicted octanol–water partition coefficient (Wildman–Crippen LogP) is 3.14. The van der Waals surface area contributed by atoms with Crippen LogP contribution in [0.1, 0.15) is 26.3 Å². The molecule has 6 nitrogen and oxygen atoms in total. The van der Waals surface area contributed by atoms with Crippen molar-refractivity contribution in [3.63, 3.8) is 0 Å². The Labute approximate surface area is 149 Å². The van der Waals surface area contributed by atoms with E-state index in [4.69, 9.17) is 9.47 Å². The van der Waals surface area contributed by atoms with E-state index in [-0.39, 0.29) is 6.09 Å². The van der Waals surface area contributed by atoms with E-state index < -0.39 is 5.60 Å². The lowest BCUT2D eigenvalue weighted by atomic mass is 10.1. The van der Waals surface area contributed by atoms with Crippen LogP contribution >= 0.6 is 0 Å². The van der Waals surface area contributed by atoms with Crippen LogP contribution in [0.2, 0.25) is 0 Å². The first kappa shape index (κ1) is 19.3. The second-order valence-electron chi connectivity index (χ2n) is 6.99.